The number of anilines is 1. The summed E-state index contributed by atoms with van der Waals surface area (Å²) in [6.45, 7) is 3.83. The van der Waals surface area contributed by atoms with Gasteiger partial charge in [0.15, 0.2) is 0 Å². The average Bonchev–Trinajstić information content (AvgIpc) is 3.26. The van der Waals surface area contributed by atoms with Gasteiger partial charge in [-0.3, -0.25) is 4.79 Å². The molecule has 0 radical (unpaired) electrons. The van der Waals surface area contributed by atoms with Crippen molar-refractivity contribution in [2.45, 2.75) is 4.90 Å². The molecule has 0 atom stereocenters. The van der Waals surface area contributed by atoms with E-state index in [-0.39, 0.29) is 16.5 Å². The summed E-state index contributed by atoms with van der Waals surface area (Å²) in [5.41, 5.74) is 0.284. The summed E-state index contributed by atoms with van der Waals surface area (Å²) in [7, 11) is -3.62. The van der Waals surface area contributed by atoms with E-state index in [2.05, 4.69) is 30.8 Å². The molecule has 0 aromatic carbocycles. The van der Waals surface area contributed by atoms with E-state index >= 15 is 0 Å². The number of sulfonamides is 1. The Morgan fingerprint density at radius 2 is 1.83 bits per heavy atom. The highest BCUT2D eigenvalue weighted by Gasteiger charge is 2.29. The Labute approximate surface area is 177 Å². The van der Waals surface area contributed by atoms with Crippen molar-refractivity contribution in [3.05, 3.63) is 40.8 Å². The van der Waals surface area contributed by atoms with E-state index in [1.807, 2.05) is 12.1 Å². The molecular weight excluding hydrogens is 462 g/mol. The van der Waals surface area contributed by atoms with Crippen LogP contribution >= 0.6 is 15.9 Å². The van der Waals surface area contributed by atoms with Gasteiger partial charge in [0, 0.05) is 56.1 Å². The number of ether oxygens (including phenoxy) is 1. The number of piperazine rings is 1. The highest BCUT2D eigenvalue weighted by atomic mass is 79.9. The van der Waals surface area contributed by atoms with Gasteiger partial charge >= 0.3 is 0 Å². The van der Waals surface area contributed by atoms with Crippen LogP contribution in [0.4, 0.5) is 5.82 Å². The highest BCUT2D eigenvalue weighted by molar-refractivity contribution is 9.10. The fourth-order valence-corrected chi connectivity index (χ4v) is 5.08. The lowest BCUT2D eigenvalue weighted by Crippen LogP contribution is -2.49. The average molecular weight is 484 g/mol. The molecule has 9 nitrogen and oxygen atoms in total. The van der Waals surface area contributed by atoms with Crippen LogP contribution in [0.2, 0.25) is 0 Å². The van der Waals surface area contributed by atoms with Gasteiger partial charge in [0.2, 0.25) is 10.0 Å². The number of halogens is 1. The second kappa shape index (κ2) is 8.42. The first-order chi connectivity index (χ1) is 13.9. The van der Waals surface area contributed by atoms with Crippen molar-refractivity contribution in [1.29, 1.82) is 0 Å². The van der Waals surface area contributed by atoms with Gasteiger partial charge in [0.05, 0.1) is 13.2 Å². The second-order valence-corrected chi connectivity index (χ2v) is 9.73. The fraction of sp³-hybridized carbons (Fsp3) is 0.444. The first-order valence-corrected chi connectivity index (χ1v) is 11.6. The van der Waals surface area contributed by atoms with Crippen LogP contribution in [-0.2, 0) is 14.8 Å². The van der Waals surface area contributed by atoms with E-state index in [4.69, 9.17) is 4.74 Å². The summed E-state index contributed by atoms with van der Waals surface area (Å²) in [4.78, 5) is 24.0. The fourth-order valence-electron chi connectivity index (χ4n) is 3.45. The molecule has 0 aliphatic carbocycles. The van der Waals surface area contributed by atoms with Crippen molar-refractivity contribution in [3.63, 3.8) is 0 Å². The number of carbonyl (C=O) groups excluding carboxylic acids is 1. The number of nitrogens with zero attached hydrogens (tertiary/aromatic N) is 4. The third kappa shape index (κ3) is 4.32. The molecule has 11 heteroatoms. The van der Waals surface area contributed by atoms with Crippen molar-refractivity contribution in [3.8, 4) is 0 Å². The lowest BCUT2D eigenvalue weighted by Gasteiger charge is -2.35. The van der Waals surface area contributed by atoms with Gasteiger partial charge in [-0.1, -0.05) is 0 Å². The van der Waals surface area contributed by atoms with Gasteiger partial charge in [-0.05, 0) is 34.1 Å². The van der Waals surface area contributed by atoms with Crippen LogP contribution in [0.1, 0.15) is 10.5 Å². The maximum Gasteiger partial charge on any atom is 0.270 e. The van der Waals surface area contributed by atoms with Crippen LogP contribution in [0.25, 0.3) is 0 Å². The standard InChI is InChI=1S/C18H22BrN5O4S/c19-14-1-2-17(21-12-14)22-3-5-23(6-4-22)18(25)16-11-15(13-20-16)29(26,27)24-7-9-28-10-8-24/h1-2,11-13,20H,3-10H2. The van der Waals surface area contributed by atoms with Crippen molar-refractivity contribution in [2.24, 2.45) is 0 Å². The lowest BCUT2D eigenvalue weighted by molar-refractivity contribution is 0.0729. The Kier molecular flexibility index (Phi) is 5.91. The predicted octanol–water partition coefficient (Wildman–Crippen LogP) is 1.16. The Morgan fingerprint density at radius 3 is 2.48 bits per heavy atom. The van der Waals surface area contributed by atoms with E-state index in [0.29, 0.717) is 52.5 Å². The van der Waals surface area contributed by atoms with E-state index < -0.39 is 10.0 Å². The van der Waals surface area contributed by atoms with Crippen LogP contribution in [0.15, 0.2) is 40.0 Å². The molecule has 4 rings (SSSR count). The number of hydrogen-bond donors (Lipinski definition) is 1. The van der Waals surface area contributed by atoms with Gasteiger partial charge in [0.25, 0.3) is 5.91 Å². The summed E-state index contributed by atoms with van der Waals surface area (Å²) in [5.74, 6) is 0.677. The second-order valence-electron chi connectivity index (χ2n) is 6.88. The molecule has 0 saturated carbocycles. The molecule has 2 aromatic rings. The summed E-state index contributed by atoms with van der Waals surface area (Å²) >= 11 is 3.38. The molecular formula is C18H22BrN5O4S. The highest BCUT2D eigenvalue weighted by Crippen LogP contribution is 2.20. The number of carbonyl (C=O) groups is 1. The minimum absolute atomic E-state index is 0.112. The molecule has 2 fully saturated rings. The number of H-pyrrole nitrogens is 1. The maximum absolute atomic E-state index is 12.8. The number of pyridine rings is 1. The molecule has 2 saturated heterocycles. The van der Waals surface area contributed by atoms with E-state index in [9.17, 15) is 13.2 Å². The monoisotopic (exact) mass is 483 g/mol. The van der Waals surface area contributed by atoms with Crippen molar-refractivity contribution in [2.75, 3.05) is 57.4 Å². The Hall–Kier alpha value is -1.95. The predicted molar refractivity (Wildman–Crippen MR) is 110 cm³/mol. The number of nitrogens with one attached hydrogen (secondary N) is 1. The van der Waals surface area contributed by atoms with Gasteiger partial charge in [0.1, 0.15) is 16.4 Å². The molecule has 2 aliphatic heterocycles. The van der Waals surface area contributed by atoms with Gasteiger partial charge in [-0.15, -0.1) is 0 Å². The Morgan fingerprint density at radius 1 is 1.10 bits per heavy atom. The summed E-state index contributed by atoms with van der Waals surface area (Å²) < 4.78 is 33.0. The van der Waals surface area contributed by atoms with Crippen LogP contribution in [0, 0.1) is 0 Å². The molecule has 0 spiro atoms. The first kappa shape index (κ1) is 20.3. The summed E-state index contributed by atoms with van der Waals surface area (Å²) in [6, 6.07) is 5.31. The number of aromatic amines is 1. The third-order valence-corrected chi connectivity index (χ3v) is 7.44. The number of hydrogen-bond acceptors (Lipinski definition) is 6. The van der Waals surface area contributed by atoms with E-state index in [1.54, 1.807) is 11.1 Å². The molecule has 0 bridgehead atoms. The summed E-state index contributed by atoms with van der Waals surface area (Å²) in [5, 5.41) is 0. The zero-order valence-corrected chi connectivity index (χ0v) is 18.2. The zero-order chi connectivity index (χ0) is 20.4. The minimum Gasteiger partial charge on any atom is -0.379 e. The van der Waals surface area contributed by atoms with Gasteiger partial charge in [-0.25, -0.2) is 13.4 Å². The van der Waals surface area contributed by atoms with Crippen LogP contribution in [0.5, 0.6) is 0 Å². The van der Waals surface area contributed by atoms with E-state index in [1.165, 1.54) is 16.6 Å². The molecule has 1 N–H and O–H groups in total. The first-order valence-electron chi connectivity index (χ1n) is 9.37. The van der Waals surface area contributed by atoms with Crippen molar-refractivity contribution < 1.29 is 17.9 Å². The van der Waals surface area contributed by atoms with Crippen LogP contribution in [-0.4, -0.2) is 86.0 Å². The molecule has 4 heterocycles. The Bertz CT molecular complexity index is 964. The molecule has 1 amide bonds. The smallest absolute Gasteiger partial charge is 0.270 e. The quantitative estimate of drug-likeness (QED) is 0.700. The maximum atomic E-state index is 12.8. The van der Waals surface area contributed by atoms with Crippen molar-refractivity contribution >= 4 is 37.7 Å². The zero-order valence-electron chi connectivity index (χ0n) is 15.8. The molecule has 2 aliphatic rings. The minimum atomic E-state index is -3.62. The largest absolute Gasteiger partial charge is 0.379 e. The van der Waals surface area contributed by atoms with Crippen molar-refractivity contribution in [1.82, 2.24) is 19.2 Å². The number of morpholine rings is 1. The third-order valence-electron chi connectivity index (χ3n) is 5.10. The molecule has 0 unspecified atom stereocenters. The number of rotatable bonds is 4. The van der Waals surface area contributed by atoms with Crippen LogP contribution in [0.3, 0.4) is 0 Å². The topological polar surface area (TPSA) is 98.8 Å². The number of amides is 1. The lowest BCUT2D eigenvalue weighted by atomic mass is 10.2. The molecule has 2 aromatic heterocycles. The van der Waals surface area contributed by atoms with Crippen LogP contribution < -0.4 is 4.90 Å². The SMILES string of the molecule is O=C(c1cc(S(=O)(=O)N2CCOCC2)c[nH]1)N1CCN(c2ccc(Br)cn2)CC1. The van der Waals surface area contributed by atoms with Gasteiger partial charge < -0.3 is 19.5 Å². The molecule has 29 heavy (non-hydrogen) atoms. The van der Waals surface area contributed by atoms with Gasteiger partial charge in [-0.2, -0.15) is 4.31 Å². The van der Waals surface area contributed by atoms with E-state index in [0.717, 1.165) is 10.3 Å². The summed E-state index contributed by atoms with van der Waals surface area (Å²) in [6.07, 6.45) is 3.14. The number of aromatic nitrogens is 2. The Balaban J connectivity index is 1.40. The molecule has 156 valence electrons. The normalized spacial score (nSPS) is 18.8.